The van der Waals surface area contributed by atoms with Crippen molar-refractivity contribution < 1.29 is 17.7 Å². The summed E-state index contributed by atoms with van der Waals surface area (Å²) in [4.78, 5) is 20.1. The Labute approximate surface area is 228 Å². The van der Waals surface area contributed by atoms with Crippen molar-refractivity contribution in [3.8, 4) is 11.3 Å². The van der Waals surface area contributed by atoms with Crippen LogP contribution in [-0.2, 0) is 10.0 Å². The predicted octanol–water partition coefficient (Wildman–Crippen LogP) is 5.38. The molecule has 2 aromatic heterocycles. The van der Waals surface area contributed by atoms with Crippen molar-refractivity contribution in [2.24, 2.45) is 0 Å². The Morgan fingerprint density at radius 2 is 1.76 bits per heavy atom. The van der Waals surface area contributed by atoms with Crippen LogP contribution in [0, 0.1) is 20.8 Å². The molecular formula is C26H24BrClN4O4S. The summed E-state index contributed by atoms with van der Waals surface area (Å²) in [5.74, 6) is -0.219. The van der Waals surface area contributed by atoms with Gasteiger partial charge in [0.2, 0.25) is 10.0 Å². The first-order chi connectivity index (χ1) is 17.6. The Bertz CT molecular complexity index is 1650. The molecule has 1 amide bonds. The summed E-state index contributed by atoms with van der Waals surface area (Å²) >= 11 is 9.51. The summed E-state index contributed by atoms with van der Waals surface area (Å²) < 4.78 is 33.9. The van der Waals surface area contributed by atoms with E-state index in [0.717, 1.165) is 16.7 Å². The molecule has 5 rings (SSSR count). The van der Waals surface area contributed by atoms with Crippen LogP contribution >= 0.6 is 27.5 Å². The number of hydrogen-bond acceptors (Lipinski definition) is 6. The first-order valence-electron chi connectivity index (χ1n) is 11.7. The van der Waals surface area contributed by atoms with E-state index in [1.807, 2.05) is 26.0 Å². The van der Waals surface area contributed by atoms with Crippen LogP contribution in [0.5, 0.6) is 0 Å². The summed E-state index contributed by atoms with van der Waals surface area (Å²) in [6.45, 7) is 6.57. The lowest BCUT2D eigenvalue weighted by Gasteiger charge is -2.34. The molecule has 11 heteroatoms. The average molecular weight is 604 g/mol. The predicted molar refractivity (Wildman–Crippen MR) is 145 cm³/mol. The molecule has 0 spiro atoms. The van der Waals surface area contributed by atoms with Gasteiger partial charge in [0.1, 0.15) is 4.90 Å². The number of carbonyl (C=O) groups is 1. The highest BCUT2D eigenvalue weighted by Crippen LogP contribution is 2.31. The number of halogens is 2. The molecule has 0 N–H and O–H groups in total. The van der Waals surface area contributed by atoms with Crippen LogP contribution in [0.3, 0.4) is 0 Å². The molecular weight excluding hydrogens is 580 g/mol. The third kappa shape index (κ3) is 4.79. The van der Waals surface area contributed by atoms with Crippen molar-refractivity contribution in [2.45, 2.75) is 25.7 Å². The normalized spacial score (nSPS) is 14.9. The molecule has 8 nitrogen and oxygen atoms in total. The van der Waals surface area contributed by atoms with E-state index in [0.29, 0.717) is 32.5 Å². The van der Waals surface area contributed by atoms with E-state index < -0.39 is 10.0 Å². The lowest BCUT2D eigenvalue weighted by molar-refractivity contribution is 0.0699. The Balaban J connectivity index is 1.44. The molecule has 1 aliphatic heterocycles. The van der Waals surface area contributed by atoms with Crippen molar-refractivity contribution in [1.82, 2.24) is 19.3 Å². The third-order valence-electron chi connectivity index (χ3n) is 6.54. The Kier molecular flexibility index (Phi) is 6.86. The van der Waals surface area contributed by atoms with Gasteiger partial charge in [0, 0.05) is 36.2 Å². The van der Waals surface area contributed by atoms with E-state index in [2.05, 4.69) is 32.1 Å². The standard InChI is InChI=1S/C26H24BrClN4O4S/c1-15-4-6-19(16(2)12-15)22-14-20(24-17(3)30-36-25(24)29-22)26(33)31-8-10-32(11-9-31)37(34,35)23-7-5-18(27)13-21(23)28/h4-7,12-14H,8-11H2,1-3H3. The number of fused-ring (bicyclic) bond motifs is 1. The molecule has 1 aliphatic rings. The van der Waals surface area contributed by atoms with Crippen molar-refractivity contribution in [3.05, 3.63) is 74.3 Å². The molecule has 0 atom stereocenters. The van der Waals surface area contributed by atoms with Gasteiger partial charge in [0.15, 0.2) is 0 Å². The fourth-order valence-corrected chi connectivity index (χ4v) is 7.06. The van der Waals surface area contributed by atoms with Crippen LogP contribution in [0.25, 0.3) is 22.4 Å². The fraction of sp³-hybridized carbons (Fsp3) is 0.269. The van der Waals surface area contributed by atoms with E-state index in [4.69, 9.17) is 16.1 Å². The van der Waals surface area contributed by atoms with E-state index in [1.165, 1.54) is 10.4 Å². The number of piperazine rings is 1. The molecule has 2 aromatic carbocycles. The number of carbonyl (C=O) groups excluding carboxylic acids is 1. The summed E-state index contributed by atoms with van der Waals surface area (Å²) in [6.07, 6.45) is 0. The lowest BCUT2D eigenvalue weighted by atomic mass is 10.00. The van der Waals surface area contributed by atoms with Crippen molar-refractivity contribution in [2.75, 3.05) is 26.2 Å². The highest BCUT2D eigenvalue weighted by Gasteiger charge is 2.33. The highest BCUT2D eigenvalue weighted by atomic mass is 79.9. The van der Waals surface area contributed by atoms with Gasteiger partial charge < -0.3 is 9.42 Å². The van der Waals surface area contributed by atoms with E-state index in [1.54, 1.807) is 30.0 Å². The van der Waals surface area contributed by atoms with Gasteiger partial charge >= 0.3 is 0 Å². The molecule has 0 bridgehead atoms. The molecule has 3 heterocycles. The fourth-order valence-electron chi connectivity index (χ4n) is 4.63. The number of hydrogen-bond donors (Lipinski definition) is 0. The first kappa shape index (κ1) is 25.8. The SMILES string of the molecule is Cc1ccc(-c2cc(C(=O)N3CCN(S(=O)(=O)c4ccc(Br)cc4Cl)CC3)c3c(C)noc3n2)c(C)c1. The number of nitrogens with zero attached hydrogens (tertiary/aromatic N) is 4. The molecule has 0 radical (unpaired) electrons. The van der Waals surface area contributed by atoms with Crippen LogP contribution in [0.4, 0.5) is 0 Å². The maximum absolute atomic E-state index is 13.7. The number of pyridine rings is 1. The number of aromatic nitrogens is 2. The van der Waals surface area contributed by atoms with Crippen molar-refractivity contribution in [3.63, 3.8) is 0 Å². The van der Waals surface area contributed by atoms with E-state index >= 15 is 0 Å². The second kappa shape index (κ2) is 9.83. The van der Waals surface area contributed by atoms with E-state index in [-0.39, 0.29) is 42.0 Å². The second-order valence-electron chi connectivity index (χ2n) is 9.09. The maximum Gasteiger partial charge on any atom is 0.259 e. The Hall–Kier alpha value is -2.79. The topological polar surface area (TPSA) is 96.6 Å². The highest BCUT2D eigenvalue weighted by molar-refractivity contribution is 9.10. The van der Waals surface area contributed by atoms with Gasteiger partial charge in [-0.25, -0.2) is 13.4 Å². The number of sulfonamides is 1. The molecule has 0 aliphatic carbocycles. The zero-order valence-corrected chi connectivity index (χ0v) is 23.6. The molecule has 37 heavy (non-hydrogen) atoms. The second-order valence-corrected chi connectivity index (χ2v) is 12.3. The zero-order chi connectivity index (χ0) is 26.5. The van der Waals surface area contributed by atoms with E-state index in [9.17, 15) is 13.2 Å². The van der Waals surface area contributed by atoms with Gasteiger partial charge in [-0.05, 0) is 50.6 Å². The van der Waals surface area contributed by atoms with Crippen LogP contribution in [0.1, 0.15) is 27.2 Å². The number of aryl methyl sites for hydroxylation is 3. The van der Waals surface area contributed by atoms with Gasteiger partial charge in [0.25, 0.3) is 11.6 Å². The van der Waals surface area contributed by atoms with Crippen LogP contribution < -0.4 is 0 Å². The Morgan fingerprint density at radius 3 is 2.43 bits per heavy atom. The minimum absolute atomic E-state index is 0.0474. The summed E-state index contributed by atoms with van der Waals surface area (Å²) in [6, 6.07) is 12.5. The number of benzene rings is 2. The average Bonchev–Trinajstić information content (AvgIpc) is 3.23. The zero-order valence-electron chi connectivity index (χ0n) is 20.5. The van der Waals surface area contributed by atoms with Crippen molar-refractivity contribution in [1.29, 1.82) is 0 Å². The number of amides is 1. The van der Waals surface area contributed by atoms with Gasteiger partial charge in [-0.1, -0.05) is 56.5 Å². The summed E-state index contributed by atoms with van der Waals surface area (Å²) in [7, 11) is -3.80. The van der Waals surface area contributed by atoms with Crippen LogP contribution in [0.15, 0.2) is 56.4 Å². The molecule has 0 unspecified atom stereocenters. The molecule has 0 saturated carbocycles. The minimum Gasteiger partial charge on any atom is -0.336 e. The first-order valence-corrected chi connectivity index (χ1v) is 14.3. The minimum atomic E-state index is -3.80. The lowest BCUT2D eigenvalue weighted by Crippen LogP contribution is -2.50. The molecule has 1 fully saturated rings. The molecule has 192 valence electrons. The van der Waals surface area contributed by atoms with Crippen molar-refractivity contribution >= 4 is 54.6 Å². The summed E-state index contributed by atoms with van der Waals surface area (Å²) in [5.41, 5.74) is 4.99. The maximum atomic E-state index is 13.7. The summed E-state index contributed by atoms with van der Waals surface area (Å²) in [5, 5.41) is 4.75. The van der Waals surface area contributed by atoms with Gasteiger partial charge in [0.05, 0.1) is 27.4 Å². The van der Waals surface area contributed by atoms with Crippen LogP contribution in [-0.4, -0.2) is 59.8 Å². The monoisotopic (exact) mass is 602 g/mol. The molecule has 4 aromatic rings. The van der Waals surface area contributed by atoms with Crippen LogP contribution in [0.2, 0.25) is 5.02 Å². The molecule has 1 saturated heterocycles. The number of rotatable bonds is 4. The third-order valence-corrected chi connectivity index (χ3v) is 9.42. The smallest absolute Gasteiger partial charge is 0.259 e. The van der Waals surface area contributed by atoms with Gasteiger partial charge in [-0.2, -0.15) is 4.31 Å². The van der Waals surface area contributed by atoms with Gasteiger partial charge in [-0.3, -0.25) is 4.79 Å². The Morgan fingerprint density at radius 1 is 1.03 bits per heavy atom. The largest absolute Gasteiger partial charge is 0.336 e. The van der Waals surface area contributed by atoms with Gasteiger partial charge in [-0.15, -0.1) is 0 Å². The quantitative estimate of drug-likeness (QED) is 0.311.